The van der Waals surface area contributed by atoms with Crippen molar-refractivity contribution >= 4 is 60.5 Å². The lowest BCUT2D eigenvalue weighted by molar-refractivity contribution is 0.669. The maximum absolute atomic E-state index is 6.69. The first-order chi connectivity index (χ1) is 28.8. The van der Waals surface area contributed by atoms with Gasteiger partial charge in [0.15, 0.2) is 5.58 Å². The van der Waals surface area contributed by atoms with Crippen LogP contribution in [-0.4, -0.2) is 0 Å². The highest BCUT2D eigenvalue weighted by atomic mass is 16.3. The average Bonchev–Trinajstić information content (AvgIpc) is 3.69. The third kappa shape index (κ3) is 5.74. The monoisotopic (exact) mass is 739 g/mol. The molecule has 0 amide bonds. The Bertz CT molecular complexity index is 3270. The maximum Gasteiger partial charge on any atom is 0.159 e. The lowest BCUT2D eigenvalue weighted by Crippen LogP contribution is -2.10. The number of nitrogens with zero attached hydrogens (tertiary/aromatic N) is 1. The summed E-state index contributed by atoms with van der Waals surface area (Å²) < 4.78 is 6.69. The fraction of sp³-hybridized carbons (Fsp3) is 0. The van der Waals surface area contributed by atoms with E-state index in [1.54, 1.807) is 0 Å². The van der Waals surface area contributed by atoms with Crippen molar-refractivity contribution in [3.63, 3.8) is 0 Å². The normalized spacial score (nSPS) is 11.4. The van der Waals surface area contributed by atoms with Gasteiger partial charge in [-0.3, -0.25) is 0 Å². The van der Waals surface area contributed by atoms with Crippen molar-refractivity contribution in [2.75, 3.05) is 4.90 Å². The van der Waals surface area contributed by atoms with Gasteiger partial charge in [-0.2, -0.15) is 0 Å². The van der Waals surface area contributed by atoms with E-state index in [4.69, 9.17) is 4.42 Å². The Hall–Kier alpha value is -7.68. The Labute approximate surface area is 337 Å². The summed E-state index contributed by atoms with van der Waals surface area (Å²) in [6.45, 7) is 0. The minimum Gasteiger partial charge on any atom is -0.454 e. The van der Waals surface area contributed by atoms with E-state index in [0.717, 1.165) is 44.6 Å². The van der Waals surface area contributed by atoms with Gasteiger partial charge in [0.1, 0.15) is 5.58 Å². The predicted molar refractivity (Wildman–Crippen MR) is 245 cm³/mol. The molecule has 2 nitrogen and oxygen atoms in total. The van der Waals surface area contributed by atoms with Crippen molar-refractivity contribution < 1.29 is 4.42 Å². The first-order valence-corrected chi connectivity index (χ1v) is 19.8. The van der Waals surface area contributed by atoms with Gasteiger partial charge in [-0.25, -0.2) is 0 Å². The van der Waals surface area contributed by atoms with Crippen LogP contribution in [0.3, 0.4) is 0 Å². The van der Waals surface area contributed by atoms with Crippen molar-refractivity contribution in [2.24, 2.45) is 0 Å². The van der Waals surface area contributed by atoms with Crippen molar-refractivity contribution in [1.82, 2.24) is 0 Å². The smallest absolute Gasteiger partial charge is 0.159 e. The summed E-state index contributed by atoms with van der Waals surface area (Å²) in [4.78, 5) is 2.34. The Kier molecular flexibility index (Phi) is 8.19. The molecule has 0 spiro atoms. The van der Waals surface area contributed by atoms with Crippen LogP contribution in [0.4, 0.5) is 17.1 Å². The standard InChI is InChI=1S/C56H37NO/c1-3-15-38(16-4-1)46-34-33-43(37-53(46)40-17-5-2-6-18-40)57(54-27-14-26-52-51-24-11-12-28-55(51)58-56(52)54)42-31-29-41(30-32-42)45-35-36-50(49-23-10-9-22-47(45)49)48-25-13-20-39-19-7-8-21-44(39)48/h1-37H. The Morgan fingerprint density at radius 1 is 0.293 bits per heavy atom. The van der Waals surface area contributed by atoms with Crippen LogP contribution in [0.2, 0.25) is 0 Å². The number of hydrogen-bond acceptors (Lipinski definition) is 2. The van der Waals surface area contributed by atoms with Crippen LogP contribution < -0.4 is 4.90 Å². The molecule has 0 unspecified atom stereocenters. The van der Waals surface area contributed by atoms with Crippen LogP contribution in [0, 0.1) is 0 Å². The second-order valence-corrected chi connectivity index (χ2v) is 14.8. The Balaban J connectivity index is 1.08. The molecular formula is C56H37NO. The number of furan rings is 1. The van der Waals surface area contributed by atoms with E-state index in [1.807, 2.05) is 6.07 Å². The molecule has 1 heterocycles. The van der Waals surface area contributed by atoms with Crippen LogP contribution in [0.5, 0.6) is 0 Å². The number of fused-ring (bicyclic) bond motifs is 5. The topological polar surface area (TPSA) is 16.4 Å². The molecule has 0 bridgehead atoms. The van der Waals surface area contributed by atoms with Crippen LogP contribution in [0.15, 0.2) is 229 Å². The minimum absolute atomic E-state index is 0.858. The summed E-state index contributed by atoms with van der Waals surface area (Å²) in [5.41, 5.74) is 14.4. The van der Waals surface area contributed by atoms with Gasteiger partial charge in [0, 0.05) is 22.1 Å². The maximum atomic E-state index is 6.69. The first-order valence-electron chi connectivity index (χ1n) is 19.8. The van der Waals surface area contributed by atoms with Gasteiger partial charge in [0.25, 0.3) is 0 Å². The SMILES string of the molecule is c1ccc(-c2ccc(N(c3ccc(-c4ccc(-c5cccc6ccccc56)c5ccccc45)cc3)c3cccc4c3oc3ccccc34)cc2-c2ccccc2)cc1. The molecule has 0 fully saturated rings. The van der Waals surface area contributed by atoms with E-state index < -0.39 is 0 Å². The Morgan fingerprint density at radius 3 is 1.59 bits per heavy atom. The van der Waals surface area contributed by atoms with E-state index in [-0.39, 0.29) is 0 Å². The van der Waals surface area contributed by atoms with Gasteiger partial charge in [0.05, 0.1) is 5.69 Å². The second-order valence-electron chi connectivity index (χ2n) is 14.8. The molecule has 10 aromatic carbocycles. The largest absolute Gasteiger partial charge is 0.454 e. The zero-order valence-electron chi connectivity index (χ0n) is 31.7. The molecule has 11 rings (SSSR count). The van der Waals surface area contributed by atoms with E-state index in [9.17, 15) is 0 Å². The zero-order chi connectivity index (χ0) is 38.4. The van der Waals surface area contributed by atoms with Crippen LogP contribution in [0.1, 0.15) is 0 Å². The highest BCUT2D eigenvalue weighted by molar-refractivity contribution is 6.11. The van der Waals surface area contributed by atoms with Crippen molar-refractivity contribution in [2.45, 2.75) is 0 Å². The number of hydrogen-bond donors (Lipinski definition) is 0. The van der Waals surface area contributed by atoms with Crippen molar-refractivity contribution in [3.05, 3.63) is 224 Å². The quantitative estimate of drug-likeness (QED) is 0.162. The van der Waals surface area contributed by atoms with Crippen LogP contribution in [-0.2, 0) is 0 Å². The number of rotatable bonds is 7. The summed E-state index contributed by atoms with van der Waals surface area (Å²) in [7, 11) is 0. The van der Waals surface area contributed by atoms with Crippen molar-refractivity contribution in [1.29, 1.82) is 0 Å². The van der Waals surface area contributed by atoms with Gasteiger partial charge < -0.3 is 9.32 Å². The Morgan fingerprint density at radius 2 is 0.810 bits per heavy atom. The summed E-state index contributed by atoms with van der Waals surface area (Å²) in [6, 6.07) is 80.6. The fourth-order valence-corrected chi connectivity index (χ4v) is 8.77. The molecule has 58 heavy (non-hydrogen) atoms. The highest BCUT2D eigenvalue weighted by Gasteiger charge is 2.21. The summed E-state index contributed by atoms with van der Waals surface area (Å²) in [6.07, 6.45) is 0. The van der Waals surface area contributed by atoms with E-state index in [2.05, 4.69) is 223 Å². The molecule has 0 N–H and O–H groups in total. The fourth-order valence-electron chi connectivity index (χ4n) is 8.77. The lowest BCUT2D eigenvalue weighted by atomic mass is 9.90. The summed E-state index contributed by atoms with van der Waals surface area (Å²) >= 11 is 0. The molecule has 1 aromatic heterocycles. The van der Waals surface area contributed by atoms with Crippen molar-refractivity contribution in [3.8, 4) is 44.5 Å². The average molecular weight is 740 g/mol. The van der Waals surface area contributed by atoms with Gasteiger partial charge in [-0.15, -0.1) is 0 Å². The lowest BCUT2D eigenvalue weighted by Gasteiger charge is -2.27. The number of para-hydroxylation sites is 2. The van der Waals surface area contributed by atoms with E-state index in [0.29, 0.717) is 0 Å². The molecule has 272 valence electrons. The third-order valence-corrected chi connectivity index (χ3v) is 11.5. The molecule has 11 aromatic rings. The molecule has 0 saturated carbocycles. The summed E-state index contributed by atoms with van der Waals surface area (Å²) in [5.74, 6) is 0. The molecule has 0 atom stereocenters. The van der Waals surface area contributed by atoms with Gasteiger partial charge >= 0.3 is 0 Å². The molecule has 0 aliphatic heterocycles. The second kappa shape index (κ2) is 14.1. The van der Waals surface area contributed by atoms with E-state index >= 15 is 0 Å². The first kappa shape index (κ1) is 33.6. The van der Waals surface area contributed by atoms with Gasteiger partial charge in [-0.05, 0) is 102 Å². The molecule has 0 aliphatic carbocycles. The molecule has 0 saturated heterocycles. The predicted octanol–water partition coefficient (Wildman–Crippen LogP) is 16.0. The van der Waals surface area contributed by atoms with Crippen LogP contribution >= 0.6 is 0 Å². The van der Waals surface area contributed by atoms with Crippen LogP contribution in [0.25, 0.3) is 88.0 Å². The molecular weight excluding hydrogens is 703 g/mol. The molecule has 0 aliphatic rings. The summed E-state index contributed by atoms with van der Waals surface area (Å²) in [5, 5.41) is 7.19. The molecule has 0 radical (unpaired) electrons. The number of anilines is 3. The molecule has 2 heteroatoms. The third-order valence-electron chi connectivity index (χ3n) is 11.5. The number of benzene rings is 10. The minimum atomic E-state index is 0.858. The zero-order valence-corrected chi connectivity index (χ0v) is 31.7. The van der Waals surface area contributed by atoms with Gasteiger partial charge in [-0.1, -0.05) is 188 Å². The van der Waals surface area contributed by atoms with E-state index in [1.165, 1.54) is 60.5 Å². The van der Waals surface area contributed by atoms with Gasteiger partial charge in [0.2, 0.25) is 0 Å². The highest BCUT2D eigenvalue weighted by Crippen LogP contribution is 2.46.